The first-order valence-electron chi connectivity index (χ1n) is 5.72. The standard InChI is InChI=1S/C12H11BrF3N3/c1-2-5-19-9(6-13)17-18-12(19)7-3-4-8(14)11(16)10(7)15/h3-4H,2,5-6H2,1H3. The maximum absolute atomic E-state index is 13.8. The van der Waals surface area contributed by atoms with Crippen molar-refractivity contribution in [2.24, 2.45) is 0 Å². The van der Waals surface area contributed by atoms with Crippen molar-refractivity contribution in [3.8, 4) is 11.4 Å². The molecule has 2 rings (SSSR count). The number of nitrogens with zero attached hydrogens (tertiary/aromatic N) is 3. The molecule has 0 aliphatic heterocycles. The SMILES string of the molecule is CCCn1c(CBr)nnc1-c1ccc(F)c(F)c1F. The monoisotopic (exact) mass is 333 g/mol. The molecule has 0 atom stereocenters. The molecule has 19 heavy (non-hydrogen) atoms. The summed E-state index contributed by atoms with van der Waals surface area (Å²) < 4.78 is 41.7. The van der Waals surface area contributed by atoms with E-state index in [0.717, 1.165) is 12.5 Å². The van der Waals surface area contributed by atoms with E-state index in [4.69, 9.17) is 0 Å². The van der Waals surface area contributed by atoms with Gasteiger partial charge in [0.15, 0.2) is 23.3 Å². The van der Waals surface area contributed by atoms with Crippen LogP contribution in [0.15, 0.2) is 12.1 Å². The molecule has 7 heteroatoms. The van der Waals surface area contributed by atoms with Crippen molar-refractivity contribution < 1.29 is 13.2 Å². The zero-order chi connectivity index (χ0) is 14.0. The fourth-order valence-corrected chi connectivity index (χ4v) is 2.21. The number of hydrogen-bond acceptors (Lipinski definition) is 2. The molecule has 0 spiro atoms. The molecule has 0 bridgehead atoms. The molecule has 3 nitrogen and oxygen atoms in total. The van der Waals surface area contributed by atoms with Crippen LogP contribution in [0.5, 0.6) is 0 Å². The van der Waals surface area contributed by atoms with E-state index in [2.05, 4.69) is 26.1 Å². The van der Waals surface area contributed by atoms with Gasteiger partial charge in [0.1, 0.15) is 5.82 Å². The van der Waals surface area contributed by atoms with Crippen LogP contribution in [0.3, 0.4) is 0 Å². The Morgan fingerprint density at radius 2 is 1.89 bits per heavy atom. The van der Waals surface area contributed by atoms with Crippen LogP contribution in [0, 0.1) is 17.5 Å². The van der Waals surface area contributed by atoms with Gasteiger partial charge in [-0.15, -0.1) is 10.2 Å². The van der Waals surface area contributed by atoms with Crippen molar-refractivity contribution in [1.29, 1.82) is 0 Å². The summed E-state index contributed by atoms with van der Waals surface area (Å²) in [6.45, 7) is 2.52. The Bertz CT molecular complexity index is 598. The molecule has 0 amide bonds. The molecular formula is C12H11BrF3N3. The molecule has 0 saturated heterocycles. The lowest BCUT2D eigenvalue weighted by Gasteiger charge is -2.09. The molecule has 0 aliphatic rings. The van der Waals surface area contributed by atoms with Gasteiger partial charge in [-0.1, -0.05) is 22.9 Å². The van der Waals surface area contributed by atoms with Crippen LogP contribution in [0.2, 0.25) is 0 Å². The molecule has 102 valence electrons. The van der Waals surface area contributed by atoms with Crippen molar-refractivity contribution in [3.63, 3.8) is 0 Å². The third-order valence-electron chi connectivity index (χ3n) is 2.67. The van der Waals surface area contributed by atoms with E-state index in [9.17, 15) is 13.2 Å². The molecule has 1 aromatic carbocycles. The van der Waals surface area contributed by atoms with E-state index in [1.165, 1.54) is 6.07 Å². The van der Waals surface area contributed by atoms with Gasteiger partial charge >= 0.3 is 0 Å². The second kappa shape index (κ2) is 5.73. The Morgan fingerprint density at radius 3 is 2.53 bits per heavy atom. The smallest absolute Gasteiger partial charge is 0.195 e. The zero-order valence-corrected chi connectivity index (χ0v) is 11.7. The minimum absolute atomic E-state index is 0.0907. The van der Waals surface area contributed by atoms with Gasteiger partial charge in [0.2, 0.25) is 0 Å². The summed E-state index contributed by atoms with van der Waals surface area (Å²) in [5.74, 6) is -3.15. The normalized spacial score (nSPS) is 11.0. The van der Waals surface area contributed by atoms with Crippen LogP contribution in [0.1, 0.15) is 19.2 Å². The summed E-state index contributed by atoms with van der Waals surface area (Å²) in [5.41, 5.74) is -0.0907. The second-order valence-corrected chi connectivity index (χ2v) is 4.51. The minimum atomic E-state index is -1.50. The van der Waals surface area contributed by atoms with Crippen LogP contribution in [0.4, 0.5) is 13.2 Å². The third-order valence-corrected chi connectivity index (χ3v) is 3.17. The van der Waals surface area contributed by atoms with Crippen molar-refractivity contribution >= 4 is 15.9 Å². The maximum Gasteiger partial charge on any atom is 0.195 e. The molecular weight excluding hydrogens is 323 g/mol. The molecule has 0 fully saturated rings. The predicted octanol–water partition coefficient (Wildman–Crippen LogP) is 3.67. The molecule has 1 heterocycles. The van der Waals surface area contributed by atoms with Gasteiger partial charge in [0.05, 0.1) is 10.9 Å². The highest BCUT2D eigenvalue weighted by Crippen LogP contribution is 2.25. The first-order valence-corrected chi connectivity index (χ1v) is 6.84. The van der Waals surface area contributed by atoms with Crippen molar-refractivity contribution in [2.75, 3.05) is 0 Å². The van der Waals surface area contributed by atoms with Crippen LogP contribution < -0.4 is 0 Å². The van der Waals surface area contributed by atoms with E-state index in [-0.39, 0.29) is 11.4 Å². The number of alkyl halides is 1. The summed E-state index contributed by atoms with van der Waals surface area (Å²) in [6, 6.07) is 2.05. The van der Waals surface area contributed by atoms with Crippen LogP contribution in [-0.2, 0) is 11.9 Å². The summed E-state index contributed by atoms with van der Waals surface area (Å²) >= 11 is 3.26. The Kier molecular flexibility index (Phi) is 4.24. The Hall–Kier alpha value is -1.37. The third kappa shape index (κ3) is 2.51. The van der Waals surface area contributed by atoms with Gasteiger partial charge in [0, 0.05) is 6.54 Å². The van der Waals surface area contributed by atoms with Crippen molar-refractivity contribution in [1.82, 2.24) is 14.8 Å². The fourth-order valence-electron chi connectivity index (χ4n) is 1.79. The average molecular weight is 334 g/mol. The predicted molar refractivity (Wildman–Crippen MR) is 68.3 cm³/mol. The molecule has 0 unspecified atom stereocenters. The van der Waals surface area contributed by atoms with Crippen LogP contribution >= 0.6 is 15.9 Å². The van der Waals surface area contributed by atoms with E-state index in [0.29, 0.717) is 17.7 Å². The lowest BCUT2D eigenvalue weighted by Crippen LogP contribution is -2.05. The topological polar surface area (TPSA) is 30.7 Å². The average Bonchev–Trinajstić information content (AvgIpc) is 2.80. The van der Waals surface area contributed by atoms with Crippen molar-refractivity contribution in [3.05, 3.63) is 35.4 Å². The highest BCUT2D eigenvalue weighted by atomic mass is 79.9. The number of aromatic nitrogens is 3. The van der Waals surface area contributed by atoms with E-state index >= 15 is 0 Å². The minimum Gasteiger partial charge on any atom is -0.310 e. The molecule has 0 saturated carbocycles. The van der Waals surface area contributed by atoms with Gasteiger partial charge in [-0.3, -0.25) is 0 Å². The quantitative estimate of drug-likeness (QED) is 0.631. The zero-order valence-electron chi connectivity index (χ0n) is 10.1. The first-order chi connectivity index (χ1) is 9.10. The maximum atomic E-state index is 13.8. The van der Waals surface area contributed by atoms with Gasteiger partial charge in [-0.25, -0.2) is 13.2 Å². The molecule has 0 radical (unpaired) electrons. The van der Waals surface area contributed by atoms with Gasteiger partial charge in [0.25, 0.3) is 0 Å². The summed E-state index contributed by atoms with van der Waals surface area (Å²) in [5, 5.41) is 8.22. The van der Waals surface area contributed by atoms with Crippen LogP contribution in [0.25, 0.3) is 11.4 Å². The number of hydrogen-bond donors (Lipinski definition) is 0. The Morgan fingerprint density at radius 1 is 1.16 bits per heavy atom. The van der Waals surface area contributed by atoms with Crippen molar-refractivity contribution in [2.45, 2.75) is 25.2 Å². The highest BCUT2D eigenvalue weighted by molar-refractivity contribution is 9.08. The number of benzene rings is 1. The molecule has 0 aliphatic carbocycles. The van der Waals surface area contributed by atoms with Crippen LogP contribution in [-0.4, -0.2) is 14.8 Å². The second-order valence-electron chi connectivity index (χ2n) is 3.95. The fraction of sp³-hybridized carbons (Fsp3) is 0.333. The lowest BCUT2D eigenvalue weighted by molar-refractivity contribution is 0.448. The van der Waals surface area contributed by atoms with Gasteiger partial charge < -0.3 is 4.57 Å². The molecule has 2 aromatic rings. The summed E-state index contributed by atoms with van der Waals surface area (Å²) in [6.07, 6.45) is 0.788. The Labute approximate surface area is 116 Å². The largest absolute Gasteiger partial charge is 0.310 e. The summed E-state index contributed by atoms with van der Waals surface area (Å²) in [7, 11) is 0. The van der Waals surface area contributed by atoms with Gasteiger partial charge in [-0.2, -0.15) is 0 Å². The number of rotatable bonds is 4. The number of halogens is 4. The van der Waals surface area contributed by atoms with E-state index in [1.807, 2.05) is 6.92 Å². The first kappa shape index (κ1) is 14.0. The lowest BCUT2D eigenvalue weighted by atomic mass is 10.2. The van der Waals surface area contributed by atoms with E-state index < -0.39 is 17.5 Å². The van der Waals surface area contributed by atoms with Gasteiger partial charge in [-0.05, 0) is 18.6 Å². The summed E-state index contributed by atoms with van der Waals surface area (Å²) in [4.78, 5) is 0. The Balaban J connectivity index is 2.59. The van der Waals surface area contributed by atoms with E-state index in [1.54, 1.807) is 4.57 Å². The molecule has 1 aromatic heterocycles. The molecule has 0 N–H and O–H groups in total. The highest BCUT2D eigenvalue weighted by Gasteiger charge is 2.20.